The number of carbonyl (C=O) groups is 1. The van der Waals surface area contributed by atoms with Crippen molar-refractivity contribution < 1.29 is 13.7 Å². The third kappa shape index (κ3) is 3.84. The normalized spacial score (nSPS) is 16.8. The highest BCUT2D eigenvalue weighted by Crippen LogP contribution is 2.34. The van der Waals surface area contributed by atoms with Gasteiger partial charge in [-0.3, -0.25) is 4.79 Å². The number of hydrogen-bond donors (Lipinski definition) is 0. The van der Waals surface area contributed by atoms with Gasteiger partial charge in [0.15, 0.2) is 0 Å². The van der Waals surface area contributed by atoms with Gasteiger partial charge in [-0.05, 0) is 49.1 Å². The highest BCUT2D eigenvalue weighted by Gasteiger charge is 2.36. The molecule has 3 aromatic rings. The quantitative estimate of drug-likeness (QED) is 0.487. The van der Waals surface area contributed by atoms with Crippen molar-refractivity contribution in [3.05, 3.63) is 64.2 Å². The van der Waals surface area contributed by atoms with Gasteiger partial charge in [0.25, 0.3) is 0 Å². The number of hydrogen-bond acceptors (Lipinski definition) is 5. The van der Waals surface area contributed by atoms with Gasteiger partial charge in [0.2, 0.25) is 17.6 Å². The zero-order chi connectivity index (χ0) is 19.7. The highest BCUT2D eigenvalue weighted by atomic mass is 79.9. The van der Waals surface area contributed by atoms with E-state index < -0.39 is 0 Å². The van der Waals surface area contributed by atoms with E-state index in [-0.39, 0.29) is 24.3 Å². The molecule has 2 aromatic carbocycles. The first-order valence-electron chi connectivity index (χ1n) is 8.76. The maximum atomic E-state index is 14.2. The van der Waals surface area contributed by atoms with E-state index in [0.717, 1.165) is 10.5 Å². The van der Waals surface area contributed by atoms with Gasteiger partial charge in [-0.25, -0.2) is 4.39 Å². The zero-order valence-corrected chi connectivity index (χ0v) is 17.5. The van der Waals surface area contributed by atoms with Crippen LogP contribution >= 0.6 is 27.7 Å². The molecule has 1 saturated heterocycles. The Labute approximate surface area is 174 Å². The van der Waals surface area contributed by atoms with Crippen molar-refractivity contribution in [2.75, 3.05) is 6.26 Å². The number of likely N-dealkylation sites (tertiary alicyclic amines) is 1. The van der Waals surface area contributed by atoms with E-state index >= 15 is 0 Å². The van der Waals surface area contributed by atoms with E-state index in [4.69, 9.17) is 4.52 Å². The Bertz CT molecular complexity index is 1010. The van der Waals surface area contributed by atoms with Gasteiger partial charge >= 0.3 is 0 Å². The number of benzene rings is 2. The lowest BCUT2D eigenvalue weighted by Crippen LogP contribution is -2.27. The van der Waals surface area contributed by atoms with E-state index in [1.807, 2.05) is 30.5 Å². The summed E-state index contributed by atoms with van der Waals surface area (Å²) in [5.41, 5.74) is 1.30. The topological polar surface area (TPSA) is 59.2 Å². The molecule has 1 fully saturated rings. The predicted molar refractivity (Wildman–Crippen MR) is 108 cm³/mol. The van der Waals surface area contributed by atoms with Crippen LogP contribution in [0, 0.1) is 5.82 Å². The lowest BCUT2D eigenvalue weighted by atomic mass is 10.1. The Balaban J connectivity index is 1.57. The third-order valence-corrected chi connectivity index (χ3v) is 6.00. The van der Waals surface area contributed by atoms with Crippen LogP contribution in [0.5, 0.6) is 0 Å². The second-order valence-corrected chi connectivity index (χ2v) is 8.29. The summed E-state index contributed by atoms with van der Waals surface area (Å²) in [6.07, 6.45) is 2.97. The number of nitrogens with zero attached hydrogens (tertiary/aromatic N) is 3. The summed E-state index contributed by atoms with van der Waals surface area (Å²) < 4.78 is 20.3. The Kier molecular flexibility index (Phi) is 5.50. The van der Waals surface area contributed by atoms with Crippen LogP contribution in [-0.2, 0) is 11.3 Å². The molecule has 144 valence electrons. The molecule has 8 heteroatoms. The fraction of sp³-hybridized carbons (Fsp3) is 0.250. The average Bonchev–Trinajstić information content (AvgIpc) is 3.31. The molecule has 0 N–H and O–H groups in total. The van der Waals surface area contributed by atoms with Gasteiger partial charge in [-0.2, -0.15) is 4.98 Å². The smallest absolute Gasteiger partial charge is 0.249 e. The minimum atomic E-state index is -0.354. The fourth-order valence-electron chi connectivity index (χ4n) is 3.25. The Morgan fingerprint density at radius 2 is 2.07 bits per heavy atom. The van der Waals surface area contributed by atoms with Crippen molar-refractivity contribution in [2.24, 2.45) is 0 Å². The van der Waals surface area contributed by atoms with E-state index in [2.05, 4.69) is 26.1 Å². The molecule has 28 heavy (non-hydrogen) atoms. The summed E-state index contributed by atoms with van der Waals surface area (Å²) in [6, 6.07) is 12.4. The number of halogens is 2. The highest BCUT2D eigenvalue weighted by molar-refractivity contribution is 9.10. The second-order valence-electron chi connectivity index (χ2n) is 6.50. The molecule has 4 rings (SSSR count). The Morgan fingerprint density at radius 1 is 1.29 bits per heavy atom. The van der Waals surface area contributed by atoms with Crippen molar-refractivity contribution in [3.8, 4) is 11.4 Å². The lowest BCUT2D eigenvalue weighted by Gasteiger charge is -2.22. The molecule has 1 aliphatic rings. The molecule has 0 radical (unpaired) electrons. The van der Waals surface area contributed by atoms with E-state index in [1.165, 1.54) is 6.07 Å². The van der Waals surface area contributed by atoms with Crippen molar-refractivity contribution in [2.45, 2.75) is 30.3 Å². The van der Waals surface area contributed by atoms with Gasteiger partial charge in [0.1, 0.15) is 11.9 Å². The Hall–Kier alpha value is -2.19. The summed E-state index contributed by atoms with van der Waals surface area (Å²) in [6.45, 7) is 0.169. The molecule has 2 heterocycles. The van der Waals surface area contributed by atoms with E-state index in [9.17, 15) is 9.18 Å². The molecule has 1 aliphatic heterocycles. The third-order valence-electron chi connectivity index (χ3n) is 4.76. The van der Waals surface area contributed by atoms with Gasteiger partial charge in [-0.1, -0.05) is 27.2 Å². The Morgan fingerprint density at radius 3 is 2.79 bits per heavy atom. The maximum Gasteiger partial charge on any atom is 0.249 e. The summed E-state index contributed by atoms with van der Waals surface area (Å²) >= 11 is 4.91. The van der Waals surface area contributed by atoms with Crippen LogP contribution in [0.1, 0.15) is 30.3 Å². The molecule has 0 aliphatic carbocycles. The van der Waals surface area contributed by atoms with E-state index in [1.54, 1.807) is 28.8 Å². The molecule has 1 atom stereocenters. The first-order chi connectivity index (χ1) is 13.5. The van der Waals surface area contributed by atoms with Crippen molar-refractivity contribution >= 4 is 33.6 Å². The summed E-state index contributed by atoms with van der Waals surface area (Å²) in [5.74, 6) is 0.466. The number of aromatic nitrogens is 2. The lowest BCUT2D eigenvalue weighted by molar-refractivity contribution is -0.130. The summed E-state index contributed by atoms with van der Waals surface area (Å²) in [4.78, 5) is 19.7. The van der Waals surface area contributed by atoms with Gasteiger partial charge in [0.05, 0.1) is 0 Å². The molecule has 1 aromatic heterocycles. The van der Waals surface area contributed by atoms with Gasteiger partial charge < -0.3 is 9.42 Å². The molecule has 1 unspecified atom stereocenters. The molecular weight excluding hydrogens is 445 g/mol. The van der Waals surface area contributed by atoms with Crippen molar-refractivity contribution in [1.82, 2.24) is 15.0 Å². The largest absolute Gasteiger partial charge is 0.337 e. The number of carbonyl (C=O) groups excluding carboxylic acids is 1. The van der Waals surface area contributed by atoms with Crippen LogP contribution < -0.4 is 0 Å². The first kappa shape index (κ1) is 19.1. The molecular formula is C20H17BrFN3O2S. The number of thioether (sulfide) groups is 1. The van der Waals surface area contributed by atoms with Crippen LogP contribution in [0.15, 0.2) is 56.4 Å². The second kappa shape index (κ2) is 8.05. The van der Waals surface area contributed by atoms with Crippen molar-refractivity contribution in [1.29, 1.82) is 0 Å². The summed E-state index contributed by atoms with van der Waals surface area (Å²) in [7, 11) is 0. The number of amides is 1. The molecule has 0 spiro atoms. The van der Waals surface area contributed by atoms with E-state index in [0.29, 0.717) is 34.6 Å². The van der Waals surface area contributed by atoms with Gasteiger partial charge in [-0.15, -0.1) is 11.8 Å². The minimum absolute atomic E-state index is 0.0450. The number of rotatable bonds is 5. The monoisotopic (exact) mass is 461 g/mol. The first-order valence-corrected chi connectivity index (χ1v) is 10.8. The minimum Gasteiger partial charge on any atom is -0.337 e. The van der Waals surface area contributed by atoms with Gasteiger partial charge in [0, 0.05) is 33.5 Å². The van der Waals surface area contributed by atoms with Crippen molar-refractivity contribution in [3.63, 3.8) is 0 Å². The SMILES string of the molecule is CSc1ccc(-c2noc(C3CCC(=O)N3Cc3ccc(Br)cc3F)n2)cc1. The zero-order valence-electron chi connectivity index (χ0n) is 15.1. The molecule has 0 saturated carbocycles. The fourth-order valence-corrected chi connectivity index (χ4v) is 3.99. The average molecular weight is 462 g/mol. The molecule has 0 bridgehead atoms. The molecule has 5 nitrogen and oxygen atoms in total. The van der Waals surface area contributed by atoms with Crippen LogP contribution in [0.25, 0.3) is 11.4 Å². The predicted octanol–water partition coefficient (Wildman–Crippen LogP) is 5.22. The van der Waals surface area contributed by atoms with Crippen LogP contribution in [0.2, 0.25) is 0 Å². The van der Waals surface area contributed by atoms with Crippen LogP contribution in [0.4, 0.5) is 4.39 Å². The molecule has 1 amide bonds. The standard InChI is InChI=1S/C20H17BrFN3O2S/c1-28-15-6-3-12(4-7-15)19-23-20(27-24-19)17-8-9-18(26)25(17)11-13-2-5-14(21)10-16(13)22/h2-7,10,17H,8-9,11H2,1H3. The maximum absolute atomic E-state index is 14.2. The summed E-state index contributed by atoms with van der Waals surface area (Å²) in [5, 5.41) is 4.07. The van der Waals surface area contributed by atoms with Crippen LogP contribution in [0.3, 0.4) is 0 Å². The van der Waals surface area contributed by atoms with Crippen LogP contribution in [-0.4, -0.2) is 27.2 Å².